The molecule has 3 rings (SSSR count). The van der Waals surface area contributed by atoms with Gasteiger partial charge in [-0.25, -0.2) is 0 Å². The second-order valence-corrected chi connectivity index (χ2v) is 7.40. The van der Waals surface area contributed by atoms with Crippen LogP contribution in [0.2, 0.25) is 15.1 Å². The van der Waals surface area contributed by atoms with Crippen molar-refractivity contribution in [2.45, 2.75) is 26.4 Å². The van der Waals surface area contributed by atoms with Crippen molar-refractivity contribution in [3.05, 3.63) is 67.0 Å². The molecular formula is C17H15Cl3N6O3. The molecule has 0 aliphatic carbocycles. The lowest BCUT2D eigenvalue weighted by Gasteiger charge is -2.06. The van der Waals surface area contributed by atoms with Crippen LogP contribution in [0, 0.1) is 17.0 Å². The molecule has 0 aliphatic rings. The van der Waals surface area contributed by atoms with Gasteiger partial charge in [0.15, 0.2) is 5.82 Å². The molecule has 9 nitrogen and oxygen atoms in total. The Balaban J connectivity index is 1.61. The number of benzene rings is 1. The van der Waals surface area contributed by atoms with Gasteiger partial charge in [0.1, 0.15) is 16.9 Å². The highest BCUT2D eigenvalue weighted by Crippen LogP contribution is 2.24. The lowest BCUT2D eigenvalue weighted by Crippen LogP contribution is -2.16. The SMILES string of the molecule is Cc1c([N+](=O)[O-])cnn1CCC(=O)Nc1nn(Cc2ccc(Cl)cc2Cl)cc1Cl. The molecule has 152 valence electrons. The summed E-state index contributed by atoms with van der Waals surface area (Å²) in [7, 11) is 0. The fourth-order valence-corrected chi connectivity index (χ4v) is 3.30. The Morgan fingerprint density at radius 3 is 2.69 bits per heavy atom. The summed E-state index contributed by atoms with van der Waals surface area (Å²) < 4.78 is 2.95. The van der Waals surface area contributed by atoms with E-state index in [0.717, 1.165) is 11.8 Å². The summed E-state index contributed by atoms with van der Waals surface area (Å²) in [5.41, 5.74) is 1.09. The Morgan fingerprint density at radius 2 is 2.03 bits per heavy atom. The molecular weight excluding hydrogens is 443 g/mol. The van der Waals surface area contributed by atoms with Crippen LogP contribution in [-0.4, -0.2) is 30.4 Å². The van der Waals surface area contributed by atoms with Crippen molar-refractivity contribution in [3.8, 4) is 0 Å². The van der Waals surface area contributed by atoms with Crippen LogP contribution in [0.5, 0.6) is 0 Å². The van der Waals surface area contributed by atoms with Gasteiger partial charge in [0.05, 0.1) is 18.0 Å². The highest BCUT2D eigenvalue weighted by molar-refractivity contribution is 6.35. The molecule has 0 radical (unpaired) electrons. The van der Waals surface area contributed by atoms with Crippen molar-refractivity contribution in [3.63, 3.8) is 0 Å². The summed E-state index contributed by atoms with van der Waals surface area (Å²) in [5, 5.41) is 23.0. The molecule has 1 N–H and O–H groups in total. The van der Waals surface area contributed by atoms with Gasteiger partial charge in [0.2, 0.25) is 5.91 Å². The smallest absolute Gasteiger partial charge is 0.308 e. The predicted molar refractivity (Wildman–Crippen MR) is 110 cm³/mol. The molecule has 0 saturated heterocycles. The Hall–Kier alpha value is -2.62. The molecule has 0 spiro atoms. The van der Waals surface area contributed by atoms with E-state index in [2.05, 4.69) is 15.5 Å². The minimum Gasteiger partial charge on any atom is -0.308 e. The molecule has 0 atom stereocenters. The van der Waals surface area contributed by atoms with Crippen LogP contribution in [0.4, 0.5) is 11.5 Å². The first-order chi connectivity index (χ1) is 13.7. The molecule has 29 heavy (non-hydrogen) atoms. The van der Waals surface area contributed by atoms with Crippen LogP contribution in [0.25, 0.3) is 0 Å². The van der Waals surface area contributed by atoms with Gasteiger partial charge in [-0.05, 0) is 24.6 Å². The topological polar surface area (TPSA) is 108 Å². The number of amides is 1. The molecule has 1 aromatic carbocycles. The first-order valence-electron chi connectivity index (χ1n) is 8.38. The van der Waals surface area contributed by atoms with Gasteiger partial charge in [-0.15, -0.1) is 0 Å². The maximum absolute atomic E-state index is 12.2. The van der Waals surface area contributed by atoms with Crippen molar-refractivity contribution < 1.29 is 9.72 Å². The number of nitrogens with one attached hydrogen (secondary N) is 1. The van der Waals surface area contributed by atoms with Crippen molar-refractivity contribution in [1.29, 1.82) is 0 Å². The van der Waals surface area contributed by atoms with Crippen LogP contribution in [-0.2, 0) is 17.9 Å². The van der Waals surface area contributed by atoms with E-state index in [0.29, 0.717) is 22.3 Å². The summed E-state index contributed by atoms with van der Waals surface area (Å²) in [5.74, 6) is -0.135. The summed E-state index contributed by atoms with van der Waals surface area (Å²) in [6.45, 7) is 2.11. The van der Waals surface area contributed by atoms with Crippen LogP contribution in [0.3, 0.4) is 0 Å². The number of nitrogens with zero attached hydrogens (tertiary/aromatic N) is 5. The number of halogens is 3. The van der Waals surface area contributed by atoms with Gasteiger partial charge in [0.25, 0.3) is 0 Å². The highest BCUT2D eigenvalue weighted by atomic mass is 35.5. The molecule has 0 unspecified atom stereocenters. The molecule has 0 fully saturated rings. The number of rotatable bonds is 7. The third kappa shape index (κ3) is 5.06. The molecule has 2 heterocycles. The average molecular weight is 458 g/mol. The minimum absolute atomic E-state index is 0.0475. The van der Waals surface area contributed by atoms with Crippen molar-refractivity contribution in [2.24, 2.45) is 0 Å². The van der Waals surface area contributed by atoms with E-state index in [4.69, 9.17) is 34.8 Å². The molecule has 12 heteroatoms. The van der Waals surface area contributed by atoms with Crippen molar-refractivity contribution >= 4 is 52.2 Å². The summed E-state index contributed by atoms with van der Waals surface area (Å²) in [4.78, 5) is 22.6. The Labute approximate surface area is 180 Å². The normalized spacial score (nSPS) is 10.9. The number of carbonyl (C=O) groups is 1. The summed E-state index contributed by atoms with van der Waals surface area (Å²) in [6, 6.07) is 5.14. The molecule has 0 aliphatic heterocycles. The third-order valence-electron chi connectivity index (χ3n) is 4.15. The summed E-state index contributed by atoms with van der Waals surface area (Å²) in [6.07, 6.45) is 2.78. The van der Waals surface area contributed by atoms with Crippen LogP contribution in [0.15, 0.2) is 30.6 Å². The predicted octanol–water partition coefficient (Wildman–Crippen LogP) is 4.33. The molecule has 0 saturated carbocycles. The lowest BCUT2D eigenvalue weighted by molar-refractivity contribution is -0.385. The zero-order valence-electron chi connectivity index (χ0n) is 15.1. The molecule has 1 amide bonds. The number of hydrogen-bond acceptors (Lipinski definition) is 5. The number of carbonyl (C=O) groups excluding carboxylic acids is 1. The standard InChI is InChI=1S/C17H15Cl3N6O3/c1-10-15(26(28)29)7-21-25(10)5-4-16(27)22-17-14(20)9-24(23-17)8-11-2-3-12(18)6-13(11)19/h2-3,6-7,9H,4-5,8H2,1H3,(H,22,23,27). The number of aryl methyl sites for hydroxylation is 1. The van der Waals surface area contributed by atoms with Crippen molar-refractivity contribution in [1.82, 2.24) is 19.6 Å². The average Bonchev–Trinajstić information content (AvgIpc) is 3.18. The Morgan fingerprint density at radius 1 is 1.28 bits per heavy atom. The van der Waals surface area contributed by atoms with Gasteiger partial charge >= 0.3 is 5.69 Å². The quantitative estimate of drug-likeness (QED) is 0.419. The first kappa shape index (κ1) is 21.1. The Kier molecular flexibility index (Phi) is 6.41. The van der Waals surface area contributed by atoms with Gasteiger partial charge in [-0.1, -0.05) is 40.9 Å². The molecule has 0 bridgehead atoms. The van der Waals surface area contributed by atoms with E-state index >= 15 is 0 Å². The zero-order valence-corrected chi connectivity index (χ0v) is 17.4. The second-order valence-electron chi connectivity index (χ2n) is 6.15. The zero-order chi connectivity index (χ0) is 21.1. The van der Waals surface area contributed by atoms with E-state index < -0.39 is 4.92 Å². The van der Waals surface area contributed by atoms with E-state index in [1.165, 1.54) is 4.68 Å². The van der Waals surface area contributed by atoms with E-state index in [-0.39, 0.29) is 35.4 Å². The maximum Gasteiger partial charge on any atom is 0.309 e. The number of aromatic nitrogens is 4. The van der Waals surface area contributed by atoms with E-state index in [9.17, 15) is 14.9 Å². The molecule has 2 aromatic heterocycles. The maximum atomic E-state index is 12.2. The van der Waals surface area contributed by atoms with Crippen LogP contribution in [0.1, 0.15) is 17.7 Å². The van der Waals surface area contributed by atoms with Gasteiger partial charge < -0.3 is 5.32 Å². The highest BCUT2D eigenvalue weighted by Gasteiger charge is 2.17. The minimum atomic E-state index is -0.516. The van der Waals surface area contributed by atoms with Crippen LogP contribution >= 0.6 is 34.8 Å². The van der Waals surface area contributed by atoms with Crippen LogP contribution < -0.4 is 5.32 Å². The molecule has 3 aromatic rings. The fraction of sp³-hybridized carbons (Fsp3) is 0.235. The Bertz CT molecular complexity index is 1080. The number of nitro groups is 1. The lowest BCUT2D eigenvalue weighted by atomic mass is 10.2. The first-order valence-corrected chi connectivity index (χ1v) is 9.51. The fourth-order valence-electron chi connectivity index (χ4n) is 2.63. The van der Waals surface area contributed by atoms with Gasteiger partial charge in [0, 0.05) is 22.7 Å². The van der Waals surface area contributed by atoms with Gasteiger partial charge in [-0.3, -0.25) is 24.3 Å². The summed E-state index contributed by atoms with van der Waals surface area (Å²) >= 11 is 18.2. The van der Waals surface area contributed by atoms with Crippen molar-refractivity contribution in [2.75, 3.05) is 5.32 Å². The van der Waals surface area contributed by atoms with E-state index in [1.807, 2.05) is 0 Å². The number of anilines is 1. The third-order valence-corrected chi connectivity index (χ3v) is 5.01. The van der Waals surface area contributed by atoms with E-state index in [1.54, 1.807) is 36.0 Å². The van der Waals surface area contributed by atoms with Gasteiger partial charge in [-0.2, -0.15) is 10.2 Å². The second kappa shape index (κ2) is 8.81. The monoisotopic (exact) mass is 456 g/mol. The largest absolute Gasteiger partial charge is 0.309 e. The number of hydrogen-bond donors (Lipinski definition) is 1.